The van der Waals surface area contributed by atoms with Crippen LogP contribution in [0.15, 0.2) is 264 Å². The van der Waals surface area contributed by atoms with Crippen LogP contribution in [0.3, 0.4) is 0 Å². The summed E-state index contributed by atoms with van der Waals surface area (Å²) in [6.45, 7) is 0. The summed E-state index contributed by atoms with van der Waals surface area (Å²) in [4.78, 5) is 15.7. The summed E-state index contributed by atoms with van der Waals surface area (Å²) in [6, 6.07) is 90.9. The molecule has 8 heteroatoms. The second kappa shape index (κ2) is 18.0. The van der Waals surface area contributed by atoms with E-state index in [0.717, 1.165) is 82.9 Å². The first kappa shape index (κ1) is 46.3. The number of rotatable bonds is 7. The molecular weight excluding hydrogens is 1050 g/mol. The summed E-state index contributed by atoms with van der Waals surface area (Å²) < 4.78 is 20.9. The minimum Gasteiger partial charge on any atom is -0.456 e. The maximum absolute atomic E-state index is 6.75. The first-order valence-electron chi connectivity index (χ1n) is 27.8. The van der Waals surface area contributed by atoms with Crippen LogP contribution in [0.1, 0.15) is 0 Å². The maximum atomic E-state index is 6.75. The van der Waals surface area contributed by atoms with Gasteiger partial charge in [-0.25, -0.2) is 15.0 Å². The Kier molecular flexibility index (Phi) is 10.0. The van der Waals surface area contributed by atoms with Crippen molar-refractivity contribution in [3.05, 3.63) is 255 Å². The number of para-hydroxylation sites is 2. The van der Waals surface area contributed by atoms with Gasteiger partial charge >= 0.3 is 0 Å². The Hall–Kier alpha value is -10.5. The van der Waals surface area contributed by atoms with Crippen molar-refractivity contribution in [2.24, 2.45) is 0 Å². The number of fused-ring (bicyclic) bond motifs is 15. The van der Waals surface area contributed by atoms with E-state index in [0.29, 0.717) is 17.5 Å². The third-order valence-corrected chi connectivity index (χ3v) is 19.0. The normalized spacial score (nSPS) is 12.1. The van der Waals surface area contributed by atoms with Gasteiger partial charge in [-0.2, -0.15) is 0 Å². The highest BCUT2D eigenvalue weighted by Crippen LogP contribution is 2.46. The summed E-state index contributed by atoms with van der Waals surface area (Å²) in [5.74, 6) is 1.69. The second-order valence-electron chi connectivity index (χ2n) is 21.4. The Morgan fingerprint density at radius 2 is 0.855 bits per heavy atom. The predicted octanol–water partition coefficient (Wildman–Crippen LogP) is 21.5. The molecular formula is C75H42N4O2S2. The van der Waals surface area contributed by atoms with E-state index < -0.39 is 0 Å². The highest BCUT2D eigenvalue weighted by molar-refractivity contribution is 7.26. The van der Waals surface area contributed by atoms with Crippen molar-refractivity contribution >= 4 is 129 Å². The SMILES string of the molecule is c1ccc(-c2nc(-c3ccc4c(c3)oc3cc(-c5cccc6sc7ccccc7c56)ccc34)nc(-c3cccc4oc5ccc(-c6ccc7sc8c(-c9ccc%10c(c9)c9ccccc9n%10-c9ccccc9)cccc8c7c6)cc5c34)n2)cc1. The molecule has 386 valence electrons. The molecule has 6 aromatic heterocycles. The molecule has 0 bridgehead atoms. The minimum atomic E-state index is 0.550. The average Bonchev–Trinajstić information content (AvgIpc) is 2.78. The second-order valence-corrected chi connectivity index (χ2v) is 23.5. The number of hydrogen-bond donors (Lipinski definition) is 0. The van der Waals surface area contributed by atoms with Crippen molar-refractivity contribution in [3.8, 4) is 73.2 Å². The number of hydrogen-bond acceptors (Lipinski definition) is 7. The van der Waals surface area contributed by atoms with Gasteiger partial charge in [0.2, 0.25) is 0 Å². The van der Waals surface area contributed by atoms with Crippen LogP contribution < -0.4 is 0 Å². The lowest BCUT2D eigenvalue weighted by Gasteiger charge is -2.09. The topological polar surface area (TPSA) is 69.9 Å². The van der Waals surface area contributed by atoms with Gasteiger partial charge in [-0.1, -0.05) is 158 Å². The third-order valence-electron chi connectivity index (χ3n) is 16.7. The summed E-state index contributed by atoms with van der Waals surface area (Å²) in [5, 5.41) is 11.6. The van der Waals surface area contributed by atoms with E-state index >= 15 is 0 Å². The van der Waals surface area contributed by atoms with Crippen LogP contribution in [0.4, 0.5) is 0 Å². The van der Waals surface area contributed by atoms with Gasteiger partial charge in [-0.15, -0.1) is 22.7 Å². The molecule has 0 radical (unpaired) electrons. The molecule has 0 atom stereocenters. The number of furan rings is 2. The van der Waals surface area contributed by atoms with Gasteiger partial charge in [-0.3, -0.25) is 0 Å². The van der Waals surface area contributed by atoms with Gasteiger partial charge < -0.3 is 13.4 Å². The molecule has 0 aliphatic heterocycles. The smallest absolute Gasteiger partial charge is 0.164 e. The van der Waals surface area contributed by atoms with E-state index in [9.17, 15) is 0 Å². The van der Waals surface area contributed by atoms with E-state index in [1.165, 1.54) is 78.8 Å². The lowest BCUT2D eigenvalue weighted by atomic mass is 9.98. The molecule has 0 aliphatic rings. The molecule has 0 unspecified atom stereocenters. The van der Waals surface area contributed by atoms with E-state index in [-0.39, 0.29) is 0 Å². The molecule has 18 rings (SSSR count). The van der Waals surface area contributed by atoms with Gasteiger partial charge in [0.1, 0.15) is 22.3 Å². The molecule has 6 heterocycles. The molecule has 0 saturated carbocycles. The molecule has 18 aromatic rings. The Bertz CT molecular complexity index is 5710. The quantitative estimate of drug-likeness (QED) is 0.159. The van der Waals surface area contributed by atoms with Crippen molar-refractivity contribution < 1.29 is 8.83 Å². The molecule has 0 amide bonds. The van der Waals surface area contributed by atoms with Crippen molar-refractivity contribution in [2.75, 3.05) is 0 Å². The largest absolute Gasteiger partial charge is 0.456 e. The van der Waals surface area contributed by atoms with Crippen molar-refractivity contribution in [3.63, 3.8) is 0 Å². The van der Waals surface area contributed by atoms with Crippen LogP contribution in [0.5, 0.6) is 0 Å². The highest BCUT2D eigenvalue weighted by atomic mass is 32.1. The Balaban J connectivity index is 0.730. The minimum absolute atomic E-state index is 0.550. The molecule has 6 nitrogen and oxygen atoms in total. The van der Waals surface area contributed by atoms with Crippen LogP contribution in [0.2, 0.25) is 0 Å². The molecule has 0 spiro atoms. The van der Waals surface area contributed by atoms with Crippen LogP contribution >= 0.6 is 22.7 Å². The predicted molar refractivity (Wildman–Crippen MR) is 347 cm³/mol. The molecule has 0 N–H and O–H groups in total. The number of benzene rings is 12. The van der Waals surface area contributed by atoms with Crippen LogP contribution in [-0.4, -0.2) is 19.5 Å². The van der Waals surface area contributed by atoms with E-state index in [1.807, 2.05) is 65.1 Å². The molecule has 0 aliphatic carbocycles. The molecule has 0 saturated heterocycles. The van der Waals surface area contributed by atoms with E-state index in [1.54, 1.807) is 0 Å². The third kappa shape index (κ3) is 7.23. The van der Waals surface area contributed by atoms with Gasteiger partial charge in [0.25, 0.3) is 0 Å². The summed E-state index contributed by atoms with van der Waals surface area (Å²) in [6.07, 6.45) is 0. The molecule has 12 aromatic carbocycles. The zero-order chi connectivity index (χ0) is 54.3. The number of thiophene rings is 2. The van der Waals surface area contributed by atoms with Crippen molar-refractivity contribution in [2.45, 2.75) is 0 Å². The van der Waals surface area contributed by atoms with E-state index in [2.05, 4.69) is 217 Å². The molecule has 83 heavy (non-hydrogen) atoms. The van der Waals surface area contributed by atoms with Gasteiger partial charge in [0, 0.05) is 95.0 Å². The van der Waals surface area contributed by atoms with Gasteiger partial charge in [0.15, 0.2) is 17.5 Å². The first-order chi connectivity index (χ1) is 41.1. The first-order valence-corrected chi connectivity index (χ1v) is 29.4. The van der Waals surface area contributed by atoms with Crippen LogP contribution in [-0.2, 0) is 0 Å². The van der Waals surface area contributed by atoms with Crippen molar-refractivity contribution in [1.82, 2.24) is 19.5 Å². The van der Waals surface area contributed by atoms with Gasteiger partial charge in [-0.05, 0) is 130 Å². The van der Waals surface area contributed by atoms with Crippen LogP contribution in [0.25, 0.3) is 179 Å². The van der Waals surface area contributed by atoms with Crippen molar-refractivity contribution in [1.29, 1.82) is 0 Å². The summed E-state index contributed by atoms with van der Waals surface area (Å²) in [5.41, 5.74) is 16.3. The fraction of sp³-hybridized carbons (Fsp3) is 0. The lowest BCUT2D eigenvalue weighted by molar-refractivity contribution is 0.668. The Morgan fingerprint density at radius 1 is 0.277 bits per heavy atom. The lowest BCUT2D eigenvalue weighted by Crippen LogP contribution is -2.00. The number of nitrogens with zero attached hydrogens (tertiary/aromatic N) is 4. The standard InChI is InChI=1S/C75H42N4O2S2/c1-3-14-43(15-4-1)73-76-74(48-29-34-54-53-33-28-47(41-65(53)81-66(54)42-48)50-20-13-27-69-71(50)56-19-8-10-26-67(56)82-69)78-75(77-73)57-23-12-25-64-70(57)60-39-44(31-36-63(60)80-64)45-32-37-68-59(38-45)55-22-11-21-51(72(55)83-68)46-30-35-62-58(40-46)52-18-7-9-24-61(52)79(62)49-16-5-2-6-17-49/h1-42H. The van der Waals surface area contributed by atoms with Crippen LogP contribution in [0, 0.1) is 0 Å². The summed E-state index contributed by atoms with van der Waals surface area (Å²) >= 11 is 3.69. The number of aromatic nitrogens is 4. The van der Waals surface area contributed by atoms with Gasteiger partial charge in [0.05, 0.1) is 11.0 Å². The molecule has 0 fully saturated rings. The zero-order valence-corrected chi connectivity index (χ0v) is 45.8. The zero-order valence-electron chi connectivity index (χ0n) is 44.2. The Labute approximate surface area is 482 Å². The van der Waals surface area contributed by atoms with E-state index in [4.69, 9.17) is 23.8 Å². The fourth-order valence-electron chi connectivity index (χ4n) is 12.8. The average molecular weight is 1100 g/mol. The highest BCUT2D eigenvalue weighted by Gasteiger charge is 2.22. The Morgan fingerprint density at radius 3 is 1.72 bits per heavy atom. The fourth-order valence-corrected chi connectivity index (χ4v) is 15.2. The maximum Gasteiger partial charge on any atom is 0.164 e. The summed E-state index contributed by atoms with van der Waals surface area (Å²) in [7, 11) is 0. The monoisotopic (exact) mass is 1090 g/mol.